The number of rotatable bonds is 6. The number of ketones is 2. The van der Waals surface area contributed by atoms with Crippen LogP contribution in [0.4, 0.5) is 0 Å². The third-order valence-electron chi connectivity index (χ3n) is 12.9. The molecule has 3 N–H and O–H groups in total. The molecular weight excluding hydrogens is 722 g/mol. The van der Waals surface area contributed by atoms with Crippen LogP contribution in [0.15, 0.2) is 23.3 Å². The SMILES string of the molecule is CCC1=CC(C)C[C@H](C)C[C@H](OC)[C@H]2O[C@@](O)(C(=O)C(=O)N3CCCC[C@H]3C(=O)O[C@H](C(C)=C[C@@H]3CC[C@@H](O)[C@H](OC)C3)[C@H](C)[C@@H](O)CC1=O)[C@H](C)C[C@@H]2OC. The van der Waals surface area contributed by atoms with E-state index in [0.29, 0.717) is 62.5 Å². The van der Waals surface area contributed by atoms with E-state index >= 15 is 0 Å². The molecule has 13 nitrogen and oxygen atoms in total. The number of amides is 1. The van der Waals surface area contributed by atoms with Crippen LogP contribution in [-0.4, -0.2) is 126 Å². The van der Waals surface area contributed by atoms with Crippen LogP contribution in [0.1, 0.15) is 112 Å². The van der Waals surface area contributed by atoms with E-state index in [1.165, 1.54) is 19.1 Å². The minimum atomic E-state index is -2.50. The molecule has 0 radical (unpaired) electrons. The Kier molecular flexibility index (Phi) is 16.9. The van der Waals surface area contributed by atoms with Crippen molar-refractivity contribution in [3.63, 3.8) is 0 Å². The van der Waals surface area contributed by atoms with Crippen LogP contribution in [0.25, 0.3) is 0 Å². The summed E-state index contributed by atoms with van der Waals surface area (Å²) >= 11 is 0. The number of esters is 1. The zero-order chi connectivity index (χ0) is 41.5. The van der Waals surface area contributed by atoms with Gasteiger partial charge in [-0.15, -0.1) is 0 Å². The molecule has 56 heavy (non-hydrogen) atoms. The minimum Gasteiger partial charge on any atom is -0.456 e. The molecule has 2 saturated heterocycles. The first-order valence-corrected chi connectivity index (χ1v) is 20.8. The number of aliphatic hydroxyl groups excluding tert-OH is 2. The van der Waals surface area contributed by atoms with E-state index in [4.69, 9.17) is 23.7 Å². The molecule has 0 spiro atoms. The van der Waals surface area contributed by atoms with Gasteiger partial charge in [-0.05, 0) is 100 Å². The van der Waals surface area contributed by atoms with Gasteiger partial charge in [0.25, 0.3) is 11.7 Å². The lowest BCUT2D eigenvalue weighted by Crippen LogP contribution is -2.64. The lowest BCUT2D eigenvalue weighted by Gasteiger charge is -2.47. The molecule has 2 bridgehead atoms. The Balaban J connectivity index is 1.76. The number of hydrogen-bond donors (Lipinski definition) is 3. The standard InChI is InChI=1S/C43H69NO12/c1-10-30-18-24(2)17-25(3)19-36(53-8)39-37(54-9)21-27(5)43(51,56-39)40(48)41(49)44-16-12-11-13-31(44)42(50)55-38(28(6)33(46)23-34(30)47)26(4)20-29-14-15-32(45)35(22-29)52-7/h18,20,24-25,27-29,31-33,35-39,45-46,51H,10-17,19,21-23H2,1-9H3/t24?,25-,27+,28+,29-,31-,32+,33-,35+,36-,37-,38+,39+,43+/m0/s1. The highest BCUT2D eigenvalue weighted by Crippen LogP contribution is 2.39. The van der Waals surface area contributed by atoms with Crippen LogP contribution in [0.5, 0.6) is 0 Å². The number of ether oxygens (including phenoxy) is 5. The van der Waals surface area contributed by atoms with Gasteiger partial charge >= 0.3 is 5.97 Å². The molecule has 0 aromatic carbocycles. The molecule has 0 aromatic heterocycles. The van der Waals surface area contributed by atoms with Crippen molar-refractivity contribution in [2.45, 2.75) is 167 Å². The number of aliphatic hydroxyl groups is 3. The third-order valence-corrected chi connectivity index (χ3v) is 12.9. The summed E-state index contributed by atoms with van der Waals surface area (Å²) in [6, 6.07) is -1.13. The molecule has 1 saturated carbocycles. The molecule has 3 fully saturated rings. The fraction of sp³-hybridized carbons (Fsp3) is 0.814. The third kappa shape index (κ3) is 10.7. The van der Waals surface area contributed by atoms with Gasteiger partial charge in [-0.2, -0.15) is 0 Å². The Bertz CT molecular complexity index is 1430. The molecule has 14 atom stereocenters. The molecule has 1 unspecified atom stereocenters. The fourth-order valence-electron chi connectivity index (χ4n) is 9.42. The van der Waals surface area contributed by atoms with Gasteiger partial charge in [-0.3, -0.25) is 14.4 Å². The zero-order valence-corrected chi connectivity index (χ0v) is 35.1. The van der Waals surface area contributed by atoms with Crippen LogP contribution in [0.3, 0.4) is 0 Å². The van der Waals surface area contributed by atoms with Crippen molar-refractivity contribution in [2.24, 2.45) is 29.6 Å². The summed E-state index contributed by atoms with van der Waals surface area (Å²) in [5, 5.41) is 34.1. The van der Waals surface area contributed by atoms with Gasteiger partial charge in [0.05, 0.1) is 30.5 Å². The summed E-state index contributed by atoms with van der Waals surface area (Å²) in [6.07, 6.45) is 3.70. The maximum Gasteiger partial charge on any atom is 0.329 e. The number of allylic oxidation sites excluding steroid dienone is 3. The second kappa shape index (κ2) is 20.4. The number of methoxy groups -OCH3 is 3. The summed E-state index contributed by atoms with van der Waals surface area (Å²) in [6.45, 7) is 11.3. The number of piperidine rings is 1. The Morgan fingerprint density at radius 1 is 0.893 bits per heavy atom. The highest BCUT2D eigenvalue weighted by atomic mass is 16.7. The van der Waals surface area contributed by atoms with Crippen molar-refractivity contribution in [1.29, 1.82) is 0 Å². The van der Waals surface area contributed by atoms with Crippen molar-refractivity contribution in [1.82, 2.24) is 4.90 Å². The van der Waals surface area contributed by atoms with E-state index in [2.05, 4.69) is 6.92 Å². The molecule has 318 valence electrons. The quantitative estimate of drug-likeness (QED) is 0.196. The molecule has 1 aliphatic carbocycles. The first kappa shape index (κ1) is 46.2. The second-order valence-corrected chi connectivity index (χ2v) is 17.1. The van der Waals surface area contributed by atoms with Crippen molar-refractivity contribution < 1.29 is 58.2 Å². The van der Waals surface area contributed by atoms with Crippen LogP contribution >= 0.6 is 0 Å². The van der Waals surface area contributed by atoms with Crippen LogP contribution in [0, 0.1) is 29.6 Å². The molecule has 1 amide bonds. The normalized spacial score (nSPS) is 40.6. The van der Waals surface area contributed by atoms with Gasteiger partial charge in [0.15, 0.2) is 5.78 Å². The summed E-state index contributed by atoms with van der Waals surface area (Å²) in [7, 11) is 4.63. The number of carbonyl (C=O) groups is 4. The second-order valence-electron chi connectivity index (χ2n) is 17.1. The van der Waals surface area contributed by atoms with Crippen LogP contribution < -0.4 is 0 Å². The highest BCUT2D eigenvalue weighted by molar-refractivity contribution is 6.39. The number of hydrogen-bond acceptors (Lipinski definition) is 12. The first-order valence-electron chi connectivity index (χ1n) is 20.8. The van der Waals surface area contributed by atoms with E-state index in [1.54, 1.807) is 21.0 Å². The molecule has 0 aromatic rings. The Morgan fingerprint density at radius 2 is 1.55 bits per heavy atom. The topological polar surface area (TPSA) is 178 Å². The molecule has 3 heterocycles. The fourth-order valence-corrected chi connectivity index (χ4v) is 9.42. The average Bonchev–Trinajstić information content (AvgIpc) is 3.18. The monoisotopic (exact) mass is 791 g/mol. The summed E-state index contributed by atoms with van der Waals surface area (Å²) in [5.74, 6) is -7.11. The lowest BCUT2D eigenvalue weighted by molar-refractivity contribution is -0.302. The van der Waals surface area contributed by atoms with Gasteiger partial charge in [0.1, 0.15) is 18.2 Å². The number of fused-ring (bicyclic) bond motifs is 3. The Labute approximate surface area is 333 Å². The molecule has 4 aliphatic rings. The van der Waals surface area contributed by atoms with Crippen LogP contribution in [0.2, 0.25) is 0 Å². The first-order chi connectivity index (χ1) is 26.5. The Hall–Kier alpha value is -2.52. The number of carbonyl (C=O) groups excluding carboxylic acids is 4. The summed E-state index contributed by atoms with van der Waals surface area (Å²) in [5.41, 5.74) is 1.28. The van der Waals surface area contributed by atoms with Gasteiger partial charge in [-0.25, -0.2) is 4.79 Å². The smallest absolute Gasteiger partial charge is 0.329 e. The van der Waals surface area contributed by atoms with Crippen molar-refractivity contribution in [3.05, 3.63) is 23.3 Å². The predicted octanol–water partition coefficient (Wildman–Crippen LogP) is 4.47. The number of Topliss-reactive ketones (excluding diaryl/α,β-unsaturated/α-hetero) is 2. The van der Waals surface area contributed by atoms with Gasteiger partial charge in [0, 0.05) is 46.1 Å². The van der Waals surface area contributed by atoms with Gasteiger partial charge in [0.2, 0.25) is 5.79 Å². The number of nitrogens with zero attached hydrogens (tertiary/aromatic N) is 1. The van der Waals surface area contributed by atoms with E-state index in [0.717, 1.165) is 0 Å². The summed E-state index contributed by atoms with van der Waals surface area (Å²) in [4.78, 5) is 57.6. The molecule has 3 aliphatic heterocycles. The van der Waals surface area contributed by atoms with E-state index in [9.17, 15) is 34.5 Å². The number of cyclic esters (lactones) is 1. The predicted molar refractivity (Wildman–Crippen MR) is 208 cm³/mol. The molecule has 13 heteroatoms. The minimum absolute atomic E-state index is 0.000447. The maximum absolute atomic E-state index is 14.3. The summed E-state index contributed by atoms with van der Waals surface area (Å²) < 4.78 is 29.7. The van der Waals surface area contributed by atoms with Crippen molar-refractivity contribution in [3.8, 4) is 0 Å². The largest absolute Gasteiger partial charge is 0.456 e. The van der Waals surface area contributed by atoms with E-state index in [1.807, 2.05) is 32.9 Å². The molecular formula is C43H69NO12. The van der Waals surface area contributed by atoms with E-state index < -0.39 is 77.9 Å². The Morgan fingerprint density at radius 3 is 2.20 bits per heavy atom. The highest BCUT2D eigenvalue weighted by Gasteiger charge is 2.56. The van der Waals surface area contributed by atoms with Gasteiger partial charge < -0.3 is 43.9 Å². The average molecular weight is 792 g/mol. The lowest BCUT2D eigenvalue weighted by atomic mass is 9.81. The van der Waals surface area contributed by atoms with E-state index in [-0.39, 0.29) is 55.4 Å². The maximum atomic E-state index is 14.3. The zero-order valence-electron chi connectivity index (χ0n) is 35.1. The van der Waals surface area contributed by atoms with Crippen LogP contribution in [-0.2, 0) is 42.9 Å². The van der Waals surface area contributed by atoms with Crippen molar-refractivity contribution in [2.75, 3.05) is 27.9 Å². The van der Waals surface area contributed by atoms with Gasteiger partial charge in [-0.1, -0.05) is 46.8 Å². The molecule has 4 rings (SSSR count). The van der Waals surface area contributed by atoms with Crippen molar-refractivity contribution >= 4 is 23.4 Å².